The van der Waals surface area contributed by atoms with Crippen molar-refractivity contribution in [1.82, 2.24) is 10.2 Å². The molecule has 0 aromatic heterocycles. The van der Waals surface area contributed by atoms with Gasteiger partial charge in [0.05, 0.1) is 5.54 Å². The number of carbonyl (C=O) groups excluding carboxylic acids is 1. The summed E-state index contributed by atoms with van der Waals surface area (Å²) in [7, 11) is 0. The Morgan fingerprint density at radius 1 is 1.43 bits per heavy atom. The van der Waals surface area contributed by atoms with Gasteiger partial charge in [0.15, 0.2) is 0 Å². The van der Waals surface area contributed by atoms with Gasteiger partial charge in [0.25, 0.3) is 0 Å². The third-order valence-corrected chi connectivity index (χ3v) is 2.80. The zero-order valence-corrected chi connectivity index (χ0v) is 9.18. The Kier molecular flexibility index (Phi) is 3.13. The Balaban J connectivity index is 2.87. The molecular weight excluding hydrogens is 178 g/mol. The SMILES string of the molecule is CCCN1C(=O)NC(=N)C1(C)CCC. The molecule has 0 aromatic carbocycles. The molecule has 1 rings (SSSR count). The van der Waals surface area contributed by atoms with E-state index in [0.717, 1.165) is 25.8 Å². The highest BCUT2D eigenvalue weighted by Crippen LogP contribution is 2.26. The van der Waals surface area contributed by atoms with Crippen LogP contribution in [0.1, 0.15) is 40.0 Å². The zero-order chi connectivity index (χ0) is 10.8. The van der Waals surface area contributed by atoms with Crippen molar-refractivity contribution in [2.45, 2.75) is 45.6 Å². The van der Waals surface area contributed by atoms with E-state index in [1.165, 1.54) is 0 Å². The summed E-state index contributed by atoms with van der Waals surface area (Å²) in [6.45, 7) is 6.81. The number of urea groups is 1. The maximum absolute atomic E-state index is 11.5. The first-order valence-electron chi connectivity index (χ1n) is 5.24. The first kappa shape index (κ1) is 11.0. The van der Waals surface area contributed by atoms with Gasteiger partial charge < -0.3 is 4.90 Å². The summed E-state index contributed by atoms with van der Waals surface area (Å²) in [5.74, 6) is 0.345. The van der Waals surface area contributed by atoms with E-state index < -0.39 is 5.54 Å². The highest BCUT2D eigenvalue weighted by Gasteiger charge is 2.44. The molecule has 1 fully saturated rings. The van der Waals surface area contributed by atoms with Gasteiger partial charge in [0.2, 0.25) is 0 Å². The minimum absolute atomic E-state index is 0.118. The van der Waals surface area contributed by atoms with Crippen LogP contribution in [0.5, 0.6) is 0 Å². The van der Waals surface area contributed by atoms with Gasteiger partial charge >= 0.3 is 6.03 Å². The van der Waals surface area contributed by atoms with Gasteiger partial charge in [-0.1, -0.05) is 20.3 Å². The Hall–Kier alpha value is -1.06. The Bertz CT molecular complexity index is 252. The Morgan fingerprint density at radius 3 is 2.57 bits per heavy atom. The van der Waals surface area contributed by atoms with E-state index in [2.05, 4.69) is 12.2 Å². The lowest BCUT2D eigenvalue weighted by Crippen LogP contribution is -2.46. The predicted molar refractivity (Wildman–Crippen MR) is 56.6 cm³/mol. The molecule has 1 saturated heterocycles. The van der Waals surface area contributed by atoms with Crippen molar-refractivity contribution in [3.05, 3.63) is 0 Å². The summed E-state index contributed by atoms with van der Waals surface area (Å²) >= 11 is 0. The number of carbonyl (C=O) groups is 1. The molecule has 2 N–H and O–H groups in total. The molecule has 14 heavy (non-hydrogen) atoms. The quantitative estimate of drug-likeness (QED) is 0.711. The van der Waals surface area contributed by atoms with Crippen LogP contribution >= 0.6 is 0 Å². The second-order valence-corrected chi connectivity index (χ2v) is 3.98. The van der Waals surface area contributed by atoms with E-state index in [-0.39, 0.29) is 6.03 Å². The van der Waals surface area contributed by atoms with E-state index in [1.54, 1.807) is 4.90 Å². The molecule has 0 aliphatic carbocycles. The largest absolute Gasteiger partial charge is 0.323 e. The van der Waals surface area contributed by atoms with E-state index >= 15 is 0 Å². The number of hydrogen-bond donors (Lipinski definition) is 2. The van der Waals surface area contributed by atoms with Gasteiger partial charge in [-0.25, -0.2) is 4.79 Å². The van der Waals surface area contributed by atoms with Crippen molar-refractivity contribution in [2.75, 3.05) is 6.54 Å². The third kappa shape index (κ3) is 1.61. The minimum Gasteiger partial charge on any atom is -0.312 e. The maximum atomic E-state index is 11.5. The molecule has 1 aliphatic heterocycles. The van der Waals surface area contributed by atoms with E-state index in [9.17, 15) is 4.79 Å². The minimum atomic E-state index is -0.401. The van der Waals surface area contributed by atoms with Crippen molar-refractivity contribution in [2.24, 2.45) is 0 Å². The number of nitrogens with one attached hydrogen (secondary N) is 2. The molecule has 2 amide bonds. The topological polar surface area (TPSA) is 56.2 Å². The van der Waals surface area contributed by atoms with Crippen LogP contribution in [-0.4, -0.2) is 28.9 Å². The zero-order valence-electron chi connectivity index (χ0n) is 9.18. The van der Waals surface area contributed by atoms with E-state index in [1.807, 2.05) is 13.8 Å². The fourth-order valence-electron chi connectivity index (χ4n) is 1.99. The van der Waals surface area contributed by atoms with Crippen LogP contribution in [0, 0.1) is 5.41 Å². The van der Waals surface area contributed by atoms with Gasteiger partial charge in [0, 0.05) is 6.54 Å². The summed E-state index contributed by atoms with van der Waals surface area (Å²) in [6, 6.07) is -0.118. The molecule has 1 atom stereocenters. The number of rotatable bonds is 4. The average Bonchev–Trinajstić information content (AvgIpc) is 2.31. The van der Waals surface area contributed by atoms with Crippen LogP contribution in [0.4, 0.5) is 4.79 Å². The Morgan fingerprint density at radius 2 is 2.07 bits per heavy atom. The summed E-state index contributed by atoms with van der Waals surface area (Å²) in [4.78, 5) is 13.3. The molecule has 1 unspecified atom stereocenters. The van der Waals surface area contributed by atoms with Crippen LogP contribution in [0.15, 0.2) is 0 Å². The molecule has 0 spiro atoms. The third-order valence-electron chi connectivity index (χ3n) is 2.80. The fourth-order valence-corrected chi connectivity index (χ4v) is 1.99. The monoisotopic (exact) mass is 197 g/mol. The lowest BCUT2D eigenvalue weighted by Gasteiger charge is -2.32. The van der Waals surface area contributed by atoms with E-state index in [4.69, 9.17) is 5.41 Å². The lowest BCUT2D eigenvalue weighted by molar-refractivity contribution is 0.175. The fraction of sp³-hybridized carbons (Fsp3) is 0.800. The first-order valence-corrected chi connectivity index (χ1v) is 5.24. The Labute approximate surface area is 85.2 Å². The second kappa shape index (κ2) is 3.98. The van der Waals surface area contributed by atoms with Crippen LogP contribution in [0.3, 0.4) is 0 Å². The highest BCUT2D eigenvalue weighted by atomic mass is 16.2. The van der Waals surface area contributed by atoms with Gasteiger partial charge in [-0.3, -0.25) is 10.7 Å². The molecule has 0 saturated carbocycles. The predicted octanol–water partition coefficient (Wildman–Crippen LogP) is 1.96. The van der Waals surface area contributed by atoms with Crippen LogP contribution in [0.2, 0.25) is 0 Å². The smallest absolute Gasteiger partial charge is 0.312 e. The van der Waals surface area contributed by atoms with Crippen LogP contribution < -0.4 is 5.32 Å². The summed E-state index contributed by atoms with van der Waals surface area (Å²) in [5.41, 5.74) is -0.401. The normalized spacial score (nSPS) is 26.9. The maximum Gasteiger partial charge on any atom is 0.323 e. The standard InChI is InChI=1S/C10H19N3O/c1-4-6-10(3)8(11)12-9(14)13(10)7-5-2/h4-7H2,1-3H3,(H2,11,12,14). The molecule has 0 aromatic rings. The molecule has 80 valence electrons. The average molecular weight is 197 g/mol. The number of amidine groups is 1. The number of nitrogens with zero attached hydrogens (tertiary/aromatic N) is 1. The van der Waals surface area contributed by atoms with Crippen molar-refractivity contribution < 1.29 is 4.79 Å². The first-order chi connectivity index (χ1) is 6.56. The number of amides is 2. The molecular formula is C10H19N3O. The summed E-state index contributed by atoms with van der Waals surface area (Å²) < 4.78 is 0. The molecule has 0 radical (unpaired) electrons. The molecule has 1 aliphatic rings. The highest BCUT2D eigenvalue weighted by molar-refractivity contribution is 6.08. The molecule has 4 nitrogen and oxygen atoms in total. The second-order valence-electron chi connectivity index (χ2n) is 3.98. The van der Waals surface area contributed by atoms with Crippen molar-refractivity contribution >= 4 is 11.9 Å². The van der Waals surface area contributed by atoms with Gasteiger partial charge in [-0.15, -0.1) is 0 Å². The van der Waals surface area contributed by atoms with Crippen molar-refractivity contribution in [3.63, 3.8) is 0 Å². The van der Waals surface area contributed by atoms with E-state index in [0.29, 0.717) is 5.84 Å². The lowest BCUT2D eigenvalue weighted by atomic mass is 9.94. The van der Waals surface area contributed by atoms with Crippen LogP contribution in [-0.2, 0) is 0 Å². The van der Waals surface area contributed by atoms with Gasteiger partial charge in [0.1, 0.15) is 5.84 Å². The van der Waals surface area contributed by atoms with Gasteiger partial charge in [-0.05, 0) is 19.8 Å². The van der Waals surface area contributed by atoms with Gasteiger partial charge in [-0.2, -0.15) is 0 Å². The van der Waals surface area contributed by atoms with Crippen molar-refractivity contribution in [1.29, 1.82) is 5.41 Å². The van der Waals surface area contributed by atoms with Crippen LogP contribution in [0.25, 0.3) is 0 Å². The summed E-state index contributed by atoms with van der Waals surface area (Å²) in [5, 5.41) is 10.4. The summed E-state index contributed by atoms with van der Waals surface area (Å²) in [6.07, 6.45) is 2.76. The molecule has 0 bridgehead atoms. The molecule has 1 heterocycles. The number of hydrogen-bond acceptors (Lipinski definition) is 2. The van der Waals surface area contributed by atoms with Crippen molar-refractivity contribution in [3.8, 4) is 0 Å². The molecule has 4 heteroatoms.